The minimum Gasteiger partial charge on any atom is -0.508 e. The van der Waals surface area contributed by atoms with Crippen molar-refractivity contribution in [1.82, 2.24) is 4.90 Å². The molecule has 0 bridgehead atoms. The predicted octanol–water partition coefficient (Wildman–Crippen LogP) is 3.41. The quantitative estimate of drug-likeness (QED) is 0.862. The summed E-state index contributed by atoms with van der Waals surface area (Å²) in [5, 5.41) is 19.8. The molecular formula is C20H18FNO4. The summed E-state index contributed by atoms with van der Waals surface area (Å²) < 4.78 is 13.1. The van der Waals surface area contributed by atoms with Crippen LogP contribution in [0.4, 0.5) is 4.39 Å². The molecule has 2 aromatic carbocycles. The molecular weight excluding hydrogens is 337 g/mol. The number of carbonyl (C=O) groups excluding carboxylic acids is 2. The zero-order valence-corrected chi connectivity index (χ0v) is 14.1. The van der Waals surface area contributed by atoms with E-state index in [0.717, 1.165) is 0 Å². The van der Waals surface area contributed by atoms with Gasteiger partial charge in [0.05, 0.1) is 11.6 Å². The van der Waals surface area contributed by atoms with Gasteiger partial charge in [-0.3, -0.25) is 9.59 Å². The van der Waals surface area contributed by atoms with Gasteiger partial charge in [-0.25, -0.2) is 4.39 Å². The molecule has 1 atom stereocenters. The molecule has 0 saturated carbocycles. The third-order valence-electron chi connectivity index (χ3n) is 4.40. The Bertz CT molecular complexity index is 872. The number of phenolic OH excluding ortho intramolecular Hbond substituents is 1. The van der Waals surface area contributed by atoms with Gasteiger partial charge in [-0.2, -0.15) is 0 Å². The minimum atomic E-state index is -0.763. The molecule has 1 aliphatic rings. The van der Waals surface area contributed by atoms with E-state index in [1.807, 2.05) is 0 Å². The second-order valence-electron chi connectivity index (χ2n) is 6.09. The average molecular weight is 355 g/mol. The van der Waals surface area contributed by atoms with Gasteiger partial charge >= 0.3 is 0 Å². The Labute approximate surface area is 150 Å². The number of hydrogen-bond donors (Lipinski definition) is 2. The fourth-order valence-electron chi connectivity index (χ4n) is 3.08. The Morgan fingerprint density at radius 3 is 2.27 bits per heavy atom. The van der Waals surface area contributed by atoms with E-state index < -0.39 is 17.7 Å². The molecule has 134 valence electrons. The smallest absolute Gasteiger partial charge is 0.290 e. The maximum Gasteiger partial charge on any atom is 0.290 e. The lowest BCUT2D eigenvalue weighted by atomic mass is 9.95. The molecule has 1 aliphatic heterocycles. The summed E-state index contributed by atoms with van der Waals surface area (Å²) in [5.74, 6) is -1.86. The fourth-order valence-corrected chi connectivity index (χ4v) is 3.08. The summed E-state index contributed by atoms with van der Waals surface area (Å²) in [6.07, 6.45) is 0.144. The summed E-state index contributed by atoms with van der Waals surface area (Å²) in [5.41, 5.74) is 1.31. The number of aliphatic hydroxyl groups is 1. The van der Waals surface area contributed by atoms with Crippen LogP contribution in [0.15, 0.2) is 59.9 Å². The zero-order valence-electron chi connectivity index (χ0n) is 14.1. The summed E-state index contributed by atoms with van der Waals surface area (Å²) in [6.45, 7) is 1.76. The van der Waals surface area contributed by atoms with Crippen molar-refractivity contribution in [2.45, 2.75) is 25.9 Å². The molecule has 5 nitrogen and oxygen atoms in total. The number of Topliss-reactive ketones (excluding diaryl/α,β-unsaturated/α-hetero) is 1. The SMILES string of the molecule is CCC(=O)C1=C(O)C(=O)N(Cc2ccc(F)cc2)C1c1ccc(O)cc1. The van der Waals surface area contributed by atoms with E-state index in [2.05, 4.69) is 0 Å². The molecule has 26 heavy (non-hydrogen) atoms. The highest BCUT2D eigenvalue weighted by molar-refractivity contribution is 6.08. The van der Waals surface area contributed by atoms with Crippen molar-refractivity contribution in [3.8, 4) is 5.75 Å². The molecule has 1 heterocycles. The van der Waals surface area contributed by atoms with Gasteiger partial charge in [0.25, 0.3) is 5.91 Å². The van der Waals surface area contributed by atoms with Crippen molar-refractivity contribution in [3.63, 3.8) is 0 Å². The Hall–Kier alpha value is -3.15. The molecule has 2 aromatic rings. The van der Waals surface area contributed by atoms with Crippen molar-refractivity contribution >= 4 is 11.7 Å². The normalized spacial score (nSPS) is 17.1. The number of nitrogens with zero attached hydrogens (tertiary/aromatic N) is 1. The van der Waals surface area contributed by atoms with Crippen molar-refractivity contribution in [2.24, 2.45) is 0 Å². The van der Waals surface area contributed by atoms with Gasteiger partial charge in [-0.15, -0.1) is 0 Å². The largest absolute Gasteiger partial charge is 0.508 e. The molecule has 0 radical (unpaired) electrons. The summed E-state index contributed by atoms with van der Waals surface area (Å²) in [6, 6.07) is 11.0. The average Bonchev–Trinajstić information content (AvgIpc) is 2.88. The first-order valence-electron chi connectivity index (χ1n) is 8.23. The number of aromatic hydroxyl groups is 1. The first-order chi connectivity index (χ1) is 12.4. The van der Waals surface area contributed by atoms with Gasteiger partial charge in [-0.05, 0) is 35.4 Å². The number of hydrogen-bond acceptors (Lipinski definition) is 4. The number of benzene rings is 2. The second kappa shape index (κ2) is 7.00. The highest BCUT2D eigenvalue weighted by atomic mass is 19.1. The van der Waals surface area contributed by atoms with Crippen LogP contribution in [-0.2, 0) is 16.1 Å². The Morgan fingerprint density at radius 2 is 1.69 bits per heavy atom. The van der Waals surface area contributed by atoms with E-state index in [1.165, 1.54) is 29.2 Å². The van der Waals surface area contributed by atoms with Gasteiger partial charge < -0.3 is 15.1 Å². The van der Waals surface area contributed by atoms with Crippen LogP contribution >= 0.6 is 0 Å². The van der Waals surface area contributed by atoms with E-state index >= 15 is 0 Å². The van der Waals surface area contributed by atoms with Crippen molar-refractivity contribution in [1.29, 1.82) is 0 Å². The van der Waals surface area contributed by atoms with Crippen LogP contribution in [0.3, 0.4) is 0 Å². The third-order valence-corrected chi connectivity index (χ3v) is 4.40. The molecule has 0 aromatic heterocycles. The van der Waals surface area contributed by atoms with Gasteiger partial charge in [0.2, 0.25) is 0 Å². The highest BCUT2D eigenvalue weighted by Crippen LogP contribution is 2.39. The first-order valence-corrected chi connectivity index (χ1v) is 8.23. The molecule has 6 heteroatoms. The lowest BCUT2D eigenvalue weighted by Crippen LogP contribution is -2.30. The van der Waals surface area contributed by atoms with Crippen molar-refractivity contribution < 1.29 is 24.2 Å². The monoisotopic (exact) mass is 355 g/mol. The third kappa shape index (κ3) is 3.18. The molecule has 0 spiro atoms. The standard InChI is InChI=1S/C20H18FNO4/c1-2-16(24)17-18(13-5-9-15(23)10-6-13)22(20(26)19(17)25)11-12-3-7-14(21)8-4-12/h3-10,18,23,25H,2,11H2,1H3. The summed E-state index contributed by atoms with van der Waals surface area (Å²) >= 11 is 0. The predicted molar refractivity (Wildman–Crippen MR) is 92.8 cm³/mol. The number of rotatable bonds is 5. The number of ketones is 1. The number of halogens is 1. The van der Waals surface area contributed by atoms with E-state index in [-0.39, 0.29) is 35.9 Å². The Morgan fingerprint density at radius 1 is 1.08 bits per heavy atom. The van der Waals surface area contributed by atoms with Crippen LogP contribution in [0.25, 0.3) is 0 Å². The number of carbonyl (C=O) groups is 2. The maximum absolute atomic E-state index is 13.1. The molecule has 3 rings (SSSR count). The van der Waals surface area contributed by atoms with Gasteiger partial charge in [0, 0.05) is 13.0 Å². The van der Waals surface area contributed by atoms with Crippen LogP contribution in [0.2, 0.25) is 0 Å². The van der Waals surface area contributed by atoms with Crippen LogP contribution in [0.1, 0.15) is 30.5 Å². The minimum absolute atomic E-state index is 0.0466. The topological polar surface area (TPSA) is 77.8 Å². The van der Waals surface area contributed by atoms with Gasteiger partial charge in [-0.1, -0.05) is 31.2 Å². The van der Waals surface area contributed by atoms with Gasteiger partial charge in [0.1, 0.15) is 11.6 Å². The highest BCUT2D eigenvalue weighted by Gasteiger charge is 2.42. The van der Waals surface area contributed by atoms with Crippen LogP contribution in [0.5, 0.6) is 5.75 Å². The lowest BCUT2D eigenvalue weighted by Gasteiger charge is -2.27. The van der Waals surface area contributed by atoms with Crippen molar-refractivity contribution in [3.05, 3.63) is 76.8 Å². The molecule has 1 unspecified atom stereocenters. The maximum atomic E-state index is 13.1. The zero-order chi connectivity index (χ0) is 18.8. The number of amides is 1. The summed E-state index contributed by atoms with van der Waals surface area (Å²) in [4.78, 5) is 26.3. The summed E-state index contributed by atoms with van der Waals surface area (Å²) in [7, 11) is 0. The van der Waals surface area contributed by atoms with E-state index in [0.29, 0.717) is 11.1 Å². The second-order valence-corrected chi connectivity index (χ2v) is 6.09. The molecule has 1 amide bonds. The Balaban J connectivity index is 2.04. The van der Waals surface area contributed by atoms with Crippen LogP contribution < -0.4 is 0 Å². The van der Waals surface area contributed by atoms with E-state index in [1.54, 1.807) is 31.2 Å². The van der Waals surface area contributed by atoms with Crippen LogP contribution in [-0.4, -0.2) is 26.8 Å². The molecule has 0 aliphatic carbocycles. The van der Waals surface area contributed by atoms with E-state index in [4.69, 9.17) is 0 Å². The first kappa shape index (κ1) is 17.7. The molecule has 0 saturated heterocycles. The lowest BCUT2D eigenvalue weighted by molar-refractivity contribution is -0.130. The van der Waals surface area contributed by atoms with Crippen LogP contribution in [0, 0.1) is 5.82 Å². The number of phenols is 1. The van der Waals surface area contributed by atoms with Crippen molar-refractivity contribution in [2.75, 3.05) is 0 Å². The Kier molecular flexibility index (Phi) is 4.75. The van der Waals surface area contributed by atoms with E-state index in [9.17, 15) is 24.2 Å². The molecule has 0 fully saturated rings. The number of aliphatic hydroxyl groups excluding tert-OH is 1. The molecule has 2 N–H and O–H groups in total. The van der Waals surface area contributed by atoms with Gasteiger partial charge in [0.15, 0.2) is 11.5 Å². The fraction of sp³-hybridized carbons (Fsp3) is 0.200.